The van der Waals surface area contributed by atoms with Crippen molar-refractivity contribution in [3.8, 4) is 0 Å². The van der Waals surface area contributed by atoms with E-state index in [4.69, 9.17) is 12.2 Å². The number of carbonyl (C=O) groups is 2. The summed E-state index contributed by atoms with van der Waals surface area (Å²) < 4.78 is 14.5. The zero-order valence-electron chi connectivity index (χ0n) is 14.5. The van der Waals surface area contributed by atoms with Crippen molar-refractivity contribution in [2.75, 3.05) is 0 Å². The molecule has 1 aromatic heterocycles. The highest BCUT2D eigenvalue weighted by molar-refractivity contribution is 7.71. The quantitative estimate of drug-likeness (QED) is 0.357. The third-order valence-electron chi connectivity index (χ3n) is 3.95. The third-order valence-corrected chi connectivity index (χ3v) is 4.27. The van der Waals surface area contributed by atoms with Gasteiger partial charge < -0.3 is 4.98 Å². The number of aromatic nitrogens is 2. The van der Waals surface area contributed by atoms with Gasteiger partial charge in [-0.2, -0.15) is 0 Å². The van der Waals surface area contributed by atoms with Gasteiger partial charge in [0.15, 0.2) is 4.77 Å². The van der Waals surface area contributed by atoms with E-state index in [1.807, 2.05) is 0 Å². The van der Waals surface area contributed by atoms with Crippen LogP contribution in [0.3, 0.4) is 0 Å². The molecule has 3 aromatic rings. The second-order valence-corrected chi connectivity index (χ2v) is 6.20. The van der Waals surface area contributed by atoms with Crippen LogP contribution in [0, 0.1) is 10.6 Å². The molecule has 28 heavy (non-hydrogen) atoms. The Morgan fingerprint density at radius 1 is 1.11 bits per heavy atom. The Hall–Kier alpha value is -3.59. The number of benzene rings is 2. The van der Waals surface area contributed by atoms with Gasteiger partial charge in [0.25, 0.3) is 17.4 Å². The number of fused-ring (bicyclic) bond motifs is 1. The monoisotopic (exact) mass is 398 g/mol. The molecule has 9 heteroatoms. The van der Waals surface area contributed by atoms with Crippen molar-refractivity contribution >= 4 is 34.9 Å². The zero-order valence-corrected chi connectivity index (χ0v) is 15.3. The molecule has 1 heterocycles. The molecule has 3 rings (SSSR count). The number of hydrogen-bond donors (Lipinski definition) is 3. The van der Waals surface area contributed by atoms with Crippen molar-refractivity contribution in [3.05, 3.63) is 87.2 Å². The number of allylic oxidation sites excluding steroid dienone is 1. The second kappa shape index (κ2) is 7.97. The van der Waals surface area contributed by atoms with E-state index in [9.17, 15) is 18.8 Å². The summed E-state index contributed by atoms with van der Waals surface area (Å²) in [5, 5.41) is 0.363. The minimum Gasteiger partial charge on any atom is -0.332 e. The fourth-order valence-electron chi connectivity index (χ4n) is 2.55. The second-order valence-electron chi connectivity index (χ2n) is 5.81. The average molecular weight is 398 g/mol. The molecule has 0 atom stereocenters. The maximum atomic E-state index is 12.9. The minimum absolute atomic E-state index is 0.187. The van der Waals surface area contributed by atoms with Gasteiger partial charge in [0.05, 0.1) is 10.9 Å². The third kappa shape index (κ3) is 3.89. The number of hydrogen-bond acceptors (Lipinski definition) is 4. The number of nitrogens with zero attached hydrogens (tertiary/aromatic N) is 1. The number of nitrogens with one attached hydrogen (secondary N) is 3. The van der Waals surface area contributed by atoms with Crippen LogP contribution in [0.1, 0.15) is 20.7 Å². The van der Waals surface area contributed by atoms with Crippen LogP contribution in [0.25, 0.3) is 10.9 Å². The lowest BCUT2D eigenvalue weighted by molar-refractivity contribution is 0.0846. The van der Waals surface area contributed by atoms with Crippen molar-refractivity contribution < 1.29 is 14.0 Å². The van der Waals surface area contributed by atoms with Crippen LogP contribution >= 0.6 is 12.2 Å². The van der Waals surface area contributed by atoms with Crippen LogP contribution in [0.15, 0.2) is 59.9 Å². The first-order valence-electron chi connectivity index (χ1n) is 8.14. The summed E-state index contributed by atoms with van der Waals surface area (Å²) in [7, 11) is 0. The molecule has 0 bridgehead atoms. The molecule has 0 saturated carbocycles. The lowest BCUT2D eigenvalue weighted by Gasteiger charge is -2.09. The smallest absolute Gasteiger partial charge is 0.269 e. The Bertz CT molecular complexity index is 1200. The van der Waals surface area contributed by atoms with Crippen LogP contribution in [-0.4, -0.2) is 21.4 Å². The molecule has 3 N–H and O–H groups in total. The summed E-state index contributed by atoms with van der Waals surface area (Å²) in [6.45, 7) is 3.86. The Balaban J connectivity index is 1.80. The topological polar surface area (TPSA) is 96.0 Å². The Morgan fingerprint density at radius 2 is 1.71 bits per heavy atom. The predicted octanol–water partition coefficient (Wildman–Crippen LogP) is 2.46. The van der Waals surface area contributed by atoms with E-state index >= 15 is 0 Å². The van der Waals surface area contributed by atoms with E-state index in [0.717, 1.165) is 12.1 Å². The highest BCUT2D eigenvalue weighted by Gasteiger charge is 2.12. The molecule has 0 aliphatic heterocycles. The van der Waals surface area contributed by atoms with Gasteiger partial charge in [-0.3, -0.25) is 29.8 Å². The summed E-state index contributed by atoms with van der Waals surface area (Å²) in [6, 6.07) is 9.28. The molecule has 0 radical (unpaired) electrons. The number of H-pyrrole nitrogens is 1. The van der Waals surface area contributed by atoms with E-state index in [1.165, 1.54) is 34.9 Å². The number of carbonyl (C=O) groups excluding carboxylic acids is 2. The normalized spacial score (nSPS) is 10.5. The number of rotatable bonds is 4. The summed E-state index contributed by atoms with van der Waals surface area (Å²) in [5.41, 5.74) is 5.01. The minimum atomic E-state index is -0.596. The van der Waals surface area contributed by atoms with Crippen LogP contribution in [0.4, 0.5) is 4.39 Å². The summed E-state index contributed by atoms with van der Waals surface area (Å²) >= 11 is 5.17. The lowest BCUT2D eigenvalue weighted by Crippen LogP contribution is -2.41. The van der Waals surface area contributed by atoms with Crippen LogP contribution in [0.5, 0.6) is 0 Å². The molecular formula is C19H15FN4O3S. The van der Waals surface area contributed by atoms with Gasteiger partial charge in [-0.25, -0.2) is 4.39 Å². The molecule has 2 amide bonds. The molecule has 142 valence electrons. The van der Waals surface area contributed by atoms with Gasteiger partial charge in [-0.1, -0.05) is 6.08 Å². The average Bonchev–Trinajstić information content (AvgIpc) is 2.69. The van der Waals surface area contributed by atoms with Gasteiger partial charge in [0, 0.05) is 17.7 Å². The van der Waals surface area contributed by atoms with Crippen molar-refractivity contribution in [3.63, 3.8) is 0 Å². The first kappa shape index (κ1) is 19.2. The molecule has 2 aromatic carbocycles. The van der Waals surface area contributed by atoms with Crippen LogP contribution in [0.2, 0.25) is 0 Å². The van der Waals surface area contributed by atoms with Crippen molar-refractivity contribution in [2.45, 2.75) is 6.54 Å². The van der Waals surface area contributed by atoms with Gasteiger partial charge in [0.1, 0.15) is 5.82 Å². The van der Waals surface area contributed by atoms with E-state index in [1.54, 1.807) is 6.08 Å². The maximum Gasteiger partial charge on any atom is 0.269 e. The zero-order chi connectivity index (χ0) is 20.3. The van der Waals surface area contributed by atoms with Gasteiger partial charge in [-0.05, 0) is 54.7 Å². The van der Waals surface area contributed by atoms with E-state index in [-0.39, 0.29) is 28.0 Å². The number of hydrazine groups is 1. The summed E-state index contributed by atoms with van der Waals surface area (Å²) in [4.78, 5) is 39.6. The molecule has 0 spiro atoms. The molecule has 0 saturated heterocycles. The Kier molecular flexibility index (Phi) is 5.46. The molecule has 0 aliphatic rings. The van der Waals surface area contributed by atoms with Crippen molar-refractivity contribution in [2.24, 2.45) is 0 Å². The van der Waals surface area contributed by atoms with Crippen LogP contribution in [-0.2, 0) is 6.54 Å². The SMILES string of the molecule is C=CCn1c(=S)[nH]c2cc(C(=O)NNC(=O)c3ccc(F)cc3)ccc2c1=O. The van der Waals surface area contributed by atoms with E-state index in [0.29, 0.717) is 10.9 Å². The van der Waals surface area contributed by atoms with E-state index in [2.05, 4.69) is 22.4 Å². The lowest BCUT2D eigenvalue weighted by atomic mass is 10.1. The highest BCUT2D eigenvalue weighted by Crippen LogP contribution is 2.11. The predicted molar refractivity (Wildman–Crippen MR) is 105 cm³/mol. The fourth-order valence-corrected chi connectivity index (χ4v) is 2.82. The van der Waals surface area contributed by atoms with Crippen molar-refractivity contribution in [1.29, 1.82) is 0 Å². The molecule has 0 unspecified atom stereocenters. The number of halogens is 1. The van der Waals surface area contributed by atoms with E-state index < -0.39 is 17.6 Å². The number of aromatic amines is 1. The molecule has 0 aliphatic carbocycles. The van der Waals surface area contributed by atoms with Gasteiger partial charge in [-0.15, -0.1) is 6.58 Å². The molecule has 7 nitrogen and oxygen atoms in total. The first-order chi connectivity index (χ1) is 13.4. The largest absolute Gasteiger partial charge is 0.332 e. The standard InChI is InChI=1S/C19H15FN4O3S/c1-2-9-24-18(27)14-8-5-12(10-15(14)21-19(24)28)17(26)23-22-16(25)11-3-6-13(20)7-4-11/h2-8,10H,1,9H2,(H,21,28)(H,22,25)(H,23,26). The first-order valence-corrected chi connectivity index (χ1v) is 8.55. The van der Waals surface area contributed by atoms with Gasteiger partial charge >= 0.3 is 0 Å². The summed E-state index contributed by atoms with van der Waals surface area (Å²) in [5.74, 6) is -1.66. The molecular weight excluding hydrogens is 383 g/mol. The van der Waals surface area contributed by atoms with Gasteiger partial charge in [0.2, 0.25) is 0 Å². The Morgan fingerprint density at radius 3 is 2.36 bits per heavy atom. The highest BCUT2D eigenvalue weighted by atomic mass is 32.1. The van der Waals surface area contributed by atoms with Crippen LogP contribution < -0.4 is 16.4 Å². The fraction of sp³-hybridized carbons (Fsp3) is 0.0526. The number of amides is 2. The maximum absolute atomic E-state index is 12.9. The Labute approximate surface area is 163 Å². The molecule has 0 fully saturated rings. The summed E-state index contributed by atoms with van der Waals surface area (Å²) in [6.07, 6.45) is 1.56. The van der Waals surface area contributed by atoms with Crippen molar-refractivity contribution in [1.82, 2.24) is 20.4 Å².